The topological polar surface area (TPSA) is 9.86 Å². The number of fused-ring (bicyclic) bond motifs is 5. The van der Waals surface area contributed by atoms with E-state index in [4.69, 9.17) is 0 Å². The molecule has 47 heavy (non-hydrogen) atoms. The second-order valence-corrected chi connectivity index (χ2v) is 11.6. The molecule has 2 nitrogen and oxygen atoms in total. The van der Waals surface area contributed by atoms with Gasteiger partial charge in [-0.25, -0.2) is 0 Å². The van der Waals surface area contributed by atoms with Crippen molar-refractivity contribution in [3.05, 3.63) is 156 Å². The van der Waals surface area contributed by atoms with Crippen molar-refractivity contribution in [2.24, 2.45) is 0 Å². The van der Waals surface area contributed by atoms with E-state index in [9.17, 15) is 0 Å². The largest absolute Gasteiger partial charge is 0.313 e. The lowest BCUT2D eigenvalue weighted by Crippen LogP contribution is -1.97. The average molecular weight is 613 g/mol. The van der Waals surface area contributed by atoms with Gasteiger partial charge in [0.15, 0.2) is 0 Å². The second-order valence-electron chi connectivity index (χ2n) is 11.6. The van der Waals surface area contributed by atoms with Crippen LogP contribution in [0.5, 0.6) is 0 Å². The van der Waals surface area contributed by atoms with E-state index in [1.54, 1.807) is 0 Å². The molecule has 0 spiro atoms. The van der Waals surface area contributed by atoms with Crippen LogP contribution in [-0.2, 0) is 0 Å². The SMILES string of the molecule is C/C=C\c1c(C)n(-c2ccc(C(/C=C\CC)=C/C)cc2)c2ccc3c(c4ccccc4n3-c3ccc(-c4ccccc4)cc3)c12.CC. The maximum Gasteiger partial charge on any atom is 0.0548 e. The Morgan fingerprint density at radius 1 is 0.617 bits per heavy atom. The van der Waals surface area contributed by atoms with E-state index in [1.165, 1.54) is 71.9 Å². The molecule has 0 aliphatic carbocycles. The zero-order chi connectivity index (χ0) is 32.9. The molecule has 0 radical (unpaired) electrons. The Bertz CT molecular complexity index is 2230. The summed E-state index contributed by atoms with van der Waals surface area (Å²) < 4.78 is 4.84. The second kappa shape index (κ2) is 14.0. The number of benzene rings is 5. The van der Waals surface area contributed by atoms with Gasteiger partial charge in [-0.1, -0.05) is 124 Å². The van der Waals surface area contributed by atoms with E-state index in [-0.39, 0.29) is 0 Å². The highest BCUT2D eigenvalue weighted by atomic mass is 15.0. The quantitative estimate of drug-likeness (QED) is 0.159. The monoisotopic (exact) mass is 612 g/mol. The van der Waals surface area contributed by atoms with Crippen molar-refractivity contribution in [1.29, 1.82) is 0 Å². The van der Waals surface area contributed by atoms with E-state index in [1.807, 2.05) is 13.8 Å². The van der Waals surface area contributed by atoms with E-state index in [0.717, 1.165) is 12.1 Å². The molecule has 2 heteroatoms. The Hall–Kier alpha value is -5.34. The predicted molar refractivity (Wildman–Crippen MR) is 207 cm³/mol. The third-order valence-electron chi connectivity index (χ3n) is 8.92. The average Bonchev–Trinajstić information content (AvgIpc) is 3.61. The molecule has 0 aliphatic heterocycles. The lowest BCUT2D eigenvalue weighted by Gasteiger charge is -2.11. The fraction of sp³-hybridized carbons (Fsp3) is 0.156. The molecule has 7 aromatic rings. The third-order valence-corrected chi connectivity index (χ3v) is 8.92. The zero-order valence-corrected chi connectivity index (χ0v) is 28.5. The smallest absolute Gasteiger partial charge is 0.0548 e. The van der Waals surface area contributed by atoms with Crippen molar-refractivity contribution in [3.63, 3.8) is 0 Å². The molecule has 0 amide bonds. The van der Waals surface area contributed by atoms with Crippen LogP contribution in [0.15, 0.2) is 140 Å². The number of aromatic nitrogens is 2. The molecule has 0 bridgehead atoms. The van der Waals surface area contributed by atoms with Crippen LogP contribution in [0.3, 0.4) is 0 Å². The molecule has 0 fully saturated rings. The lowest BCUT2D eigenvalue weighted by molar-refractivity contribution is 1.05. The molecule has 7 rings (SSSR count). The van der Waals surface area contributed by atoms with Gasteiger partial charge in [-0.3, -0.25) is 0 Å². The maximum absolute atomic E-state index is 2.42. The first-order valence-corrected chi connectivity index (χ1v) is 16.9. The number of hydrogen-bond donors (Lipinski definition) is 0. The molecule has 0 saturated heterocycles. The van der Waals surface area contributed by atoms with Crippen LogP contribution < -0.4 is 0 Å². The number of para-hydroxylation sites is 1. The summed E-state index contributed by atoms with van der Waals surface area (Å²) in [6.45, 7) is 12.6. The predicted octanol–water partition coefficient (Wildman–Crippen LogP) is 13.1. The number of allylic oxidation sites excluding steroid dienone is 5. The molecule has 2 aromatic heterocycles. The first-order chi connectivity index (χ1) is 23.1. The maximum atomic E-state index is 2.42. The summed E-state index contributed by atoms with van der Waals surface area (Å²) in [5.41, 5.74) is 13.4. The number of nitrogens with zero attached hydrogens (tertiary/aromatic N) is 2. The standard InChI is InChI=1S/C43H38N2.C2H6/c1-5-8-15-31(7-3)33-20-24-35(25-21-33)44-30(4)37(14-6-2)42-40(44)28-29-41-43(42)38-18-12-13-19-39(38)45(41)36-26-22-34(23-27-36)32-16-10-9-11-17-32;1-2/h6-29H,5H2,1-4H3;1-2H3/b14-6-,15-8-,31-7+;. The van der Waals surface area contributed by atoms with E-state index in [2.05, 4.69) is 182 Å². The van der Waals surface area contributed by atoms with Gasteiger partial charge in [0.05, 0.1) is 16.6 Å². The van der Waals surface area contributed by atoms with Crippen LogP contribution in [0.25, 0.3) is 66.9 Å². The van der Waals surface area contributed by atoms with Gasteiger partial charge in [0.25, 0.3) is 0 Å². The lowest BCUT2D eigenvalue weighted by atomic mass is 10.0. The van der Waals surface area contributed by atoms with Crippen molar-refractivity contribution >= 4 is 44.4 Å². The molecule has 2 heterocycles. The summed E-state index contributed by atoms with van der Waals surface area (Å²) in [5.74, 6) is 0. The minimum Gasteiger partial charge on any atom is -0.313 e. The van der Waals surface area contributed by atoms with Crippen LogP contribution in [-0.4, -0.2) is 9.13 Å². The Labute approximate surface area is 279 Å². The Morgan fingerprint density at radius 2 is 1.21 bits per heavy atom. The van der Waals surface area contributed by atoms with Crippen molar-refractivity contribution in [3.8, 4) is 22.5 Å². The van der Waals surface area contributed by atoms with Crippen molar-refractivity contribution in [2.75, 3.05) is 0 Å². The Balaban J connectivity index is 0.00000190. The highest BCUT2D eigenvalue weighted by Crippen LogP contribution is 2.42. The third kappa shape index (κ3) is 5.66. The van der Waals surface area contributed by atoms with Crippen LogP contribution in [0.1, 0.15) is 57.9 Å². The van der Waals surface area contributed by atoms with Crippen molar-refractivity contribution < 1.29 is 0 Å². The Morgan fingerprint density at radius 3 is 1.87 bits per heavy atom. The molecular formula is C45H44N2. The minimum absolute atomic E-state index is 1.03. The molecule has 0 aliphatic rings. The summed E-state index contributed by atoms with van der Waals surface area (Å²) in [6.07, 6.45) is 12.1. The molecule has 0 unspecified atom stereocenters. The summed E-state index contributed by atoms with van der Waals surface area (Å²) in [4.78, 5) is 0. The highest BCUT2D eigenvalue weighted by molar-refractivity contribution is 6.23. The van der Waals surface area contributed by atoms with Gasteiger partial charge in [-0.15, -0.1) is 0 Å². The van der Waals surface area contributed by atoms with Gasteiger partial charge >= 0.3 is 0 Å². The van der Waals surface area contributed by atoms with Gasteiger partial charge in [0.2, 0.25) is 0 Å². The van der Waals surface area contributed by atoms with E-state index in [0.29, 0.717) is 0 Å². The number of hydrogen-bond acceptors (Lipinski definition) is 0. The first kappa shape index (κ1) is 31.6. The van der Waals surface area contributed by atoms with Crippen LogP contribution in [0.2, 0.25) is 0 Å². The van der Waals surface area contributed by atoms with Gasteiger partial charge in [-0.05, 0) is 91.9 Å². The summed E-state index contributed by atoms with van der Waals surface area (Å²) in [5, 5.41) is 3.86. The van der Waals surface area contributed by atoms with Gasteiger partial charge in [-0.2, -0.15) is 0 Å². The van der Waals surface area contributed by atoms with Crippen molar-refractivity contribution in [1.82, 2.24) is 9.13 Å². The molecule has 234 valence electrons. The van der Waals surface area contributed by atoms with Gasteiger partial charge < -0.3 is 9.13 Å². The summed E-state index contributed by atoms with van der Waals surface area (Å²) in [7, 11) is 0. The molecule has 0 atom stereocenters. The van der Waals surface area contributed by atoms with E-state index >= 15 is 0 Å². The van der Waals surface area contributed by atoms with Gasteiger partial charge in [0.1, 0.15) is 0 Å². The van der Waals surface area contributed by atoms with Crippen molar-refractivity contribution in [2.45, 2.75) is 48.0 Å². The Kier molecular flexibility index (Phi) is 9.40. The normalized spacial score (nSPS) is 12.1. The minimum atomic E-state index is 1.03. The van der Waals surface area contributed by atoms with Gasteiger partial charge in [0, 0.05) is 38.8 Å². The zero-order valence-electron chi connectivity index (χ0n) is 28.5. The highest BCUT2D eigenvalue weighted by Gasteiger charge is 2.21. The molecule has 0 saturated carbocycles. The van der Waals surface area contributed by atoms with Crippen LogP contribution in [0, 0.1) is 6.92 Å². The summed E-state index contributed by atoms with van der Waals surface area (Å²) in [6, 6.07) is 42.0. The number of rotatable bonds is 7. The van der Waals surface area contributed by atoms with E-state index < -0.39 is 0 Å². The summed E-state index contributed by atoms with van der Waals surface area (Å²) >= 11 is 0. The van der Waals surface area contributed by atoms with Crippen LogP contribution >= 0.6 is 0 Å². The fourth-order valence-corrected chi connectivity index (χ4v) is 6.81. The first-order valence-electron chi connectivity index (χ1n) is 16.9. The molecular weight excluding hydrogens is 569 g/mol. The fourth-order valence-electron chi connectivity index (χ4n) is 6.81. The molecule has 5 aromatic carbocycles. The molecule has 0 N–H and O–H groups in total. The van der Waals surface area contributed by atoms with Crippen LogP contribution in [0.4, 0.5) is 0 Å².